The lowest BCUT2D eigenvalue weighted by atomic mass is 10.1. The molecule has 0 unspecified atom stereocenters. The Morgan fingerprint density at radius 1 is 1.05 bits per heavy atom. The molecular formula is C15H12ClN3. The normalized spacial score (nSPS) is 10.9. The van der Waals surface area contributed by atoms with Crippen LogP contribution in [0.4, 0.5) is 0 Å². The molecule has 0 spiro atoms. The minimum Gasteiger partial charge on any atom is -0.255 e. The van der Waals surface area contributed by atoms with Crippen LogP contribution in [0.5, 0.6) is 0 Å². The van der Waals surface area contributed by atoms with Crippen LogP contribution in [0.25, 0.3) is 22.4 Å². The van der Waals surface area contributed by atoms with Crippen LogP contribution in [-0.2, 0) is 0 Å². The van der Waals surface area contributed by atoms with Gasteiger partial charge in [0.1, 0.15) is 0 Å². The van der Waals surface area contributed by atoms with Crippen molar-refractivity contribution >= 4 is 22.6 Å². The summed E-state index contributed by atoms with van der Waals surface area (Å²) in [6.07, 6.45) is 3.50. The van der Waals surface area contributed by atoms with Crippen LogP contribution in [-0.4, -0.2) is 15.0 Å². The smallest absolute Gasteiger partial charge is 0.161 e. The van der Waals surface area contributed by atoms with E-state index in [1.54, 1.807) is 12.4 Å². The van der Waals surface area contributed by atoms with Gasteiger partial charge in [0.05, 0.1) is 16.4 Å². The Kier molecular flexibility index (Phi) is 2.91. The molecule has 3 heterocycles. The van der Waals surface area contributed by atoms with Crippen molar-refractivity contribution in [2.24, 2.45) is 0 Å². The fourth-order valence-electron chi connectivity index (χ4n) is 2.07. The molecule has 94 valence electrons. The summed E-state index contributed by atoms with van der Waals surface area (Å²) in [5.74, 6) is 0. The van der Waals surface area contributed by atoms with Gasteiger partial charge in [0, 0.05) is 17.8 Å². The number of nitrogens with zero attached hydrogens (tertiary/aromatic N) is 3. The molecule has 0 aliphatic carbocycles. The Labute approximate surface area is 116 Å². The maximum Gasteiger partial charge on any atom is 0.161 e. The predicted molar refractivity (Wildman–Crippen MR) is 77.3 cm³/mol. The maximum absolute atomic E-state index is 6.41. The lowest BCUT2D eigenvalue weighted by molar-refractivity contribution is 1.20. The highest BCUT2D eigenvalue weighted by Gasteiger charge is 2.13. The van der Waals surface area contributed by atoms with E-state index in [0.717, 1.165) is 27.9 Å². The zero-order valence-corrected chi connectivity index (χ0v) is 11.4. The molecule has 0 saturated heterocycles. The zero-order chi connectivity index (χ0) is 13.4. The van der Waals surface area contributed by atoms with Crippen LogP contribution < -0.4 is 0 Å². The number of aromatic nitrogens is 3. The quantitative estimate of drug-likeness (QED) is 0.671. The molecule has 0 aromatic carbocycles. The fourth-order valence-corrected chi connectivity index (χ4v) is 2.31. The molecule has 0 radical (unpaired) electrons. The Morgan fingerprint density at radius 3 is 2.68 bits per heavy atom. The highest BCUT2D eigenvalue weighted by molar-refractivity contribution is 6.36. The van der Waals surface area contributed by atoms with Gasteiger partial charge in [-0.2, -0.15) is 0 Å². The maximum atomic E-state index is 6.41. The predicted octanol–water partition coefficient (Wildman–Crippen LogP) is 3.96. The molecule has 19 heavy (non-hydrogen) atoms. The lowest BCUT2D eigenvalue weighted by Crippen LogP contribution is -1.95. The van der Waals surface area contributed by atoms with Gasteiger partial charge in [-0.15, -0.1) is 0 Å². The number of aryl methyl sites for hydroxylation is 1. The molecule has 3 aromatic heterocycles. The summed E-state index contributed by atoms with van der Waals surface area (Å²) in [4.78, 5) is 13.2. The first kappa shape index (κ1) is 12.1. The van der Waals surface area contributed by atoms with E-state index >= 15 is 0 Å². The SMILES string of the molecule is Cc1ccnc(-c2nc3ncccc3c(Cl)c2C)c1. The summed E-state index contributed by atoms with van der Waals surface area (Å²) in [5.41, 5.74) is 4.34. The third-order valence-corrected chi connectivity index (χ3v) is 3.57. The van der Waals surface area contributed by atoms with E-state index in [0.29, 0.717) is 10.7 Å². The van der Waals surface area contributed by atoms with Crippen LogP contribution in [0.1, 0.15) is 11.1 Å². The van der Waals surface area contributed by atoms with Crippen molar-refractivity contribution in [3.63, 3.8) is 0 Å². The van der Waals surface area contributed by atoms with Crippen molar-refractivity contribution in [3.8, 4) is 11.4 Å². The molecule has 3 rings (SSSR count). The van der Waals surface area contributed by atoms with Crippen molar-refractivity contribution in [2.45, 2.75) is 13.8 Å². The van der Waals surface area contributed by atoms with Crippen molar-refractivity contribution in [2.75, 3.05) is 0 Å². The molecule has 0 bridgehead atoms. The van der Waals surface area contributed by atoms with Gasteiger partial charge in [-0.1, -0.05) is 11.6 Å². The highest BCUT2D eigenvalue weighted by Crippen LogP contribution is 2.31. The Bertz CT molecular complexity index is 768. The summed E-state index contributed by atoms with van der Waals surface area (Å²) < 4.78 is 0. The molecule has 0 fully saturated rings. The van der Waals surface area contributed by atoms with E-state index in [4.69, 9.17) is 11.6 Å². The van der Waals surface area contributed by atoms with Gasteiger partial charge in [0.15, 0.2) is 5.65 Å². The van der Waals surface area contributed by atoms with E-state index in [-0.39, 0.29) is 0 Å². The van der Waals surface area contributed by atoms with Crippen molar-refractivity contribution in [3.05, 3.63) is 52.8 Å². The third-order valence-electron chi connectivity index (χ3n) is 3.08. The molecule has 0 amide bonds. The Hall–Kier alpha value is -2.00. The van der Waals surface area contributed by atoms with Crippen molar-refractivity contribution < 1.29 is 0 Å². The number of fused-ring (bicyclic) bond motifs is 1. The first-order chi connectivity index (χ1) is 9.16. The monoisotopic (exact) mass is 269 g/mol. The van der Waals surface area contributed by atoms with E-state index in [1.807, 2.05) is 38.1 Å². The average Bonchev–Trinajstić information content (AvgIpc) is 2.43. The van der Waals surface area contributed by atoms with Crippen LogP contribution in [0, 0.1) is 13.8 Å². The largest absolute Gasteiger partial charge is 0.255 e. The molecular weight excluding hydrogens is 258 g/mol. The summed E-state index contributed by atoms with van der Waals surface area (Å²) in [6, 6.07) is 7.75. The second-order valence-corrected chi connectivity index (χ2v) is 4.87. The van der Waals surface area contributed by atoms with Crippen LogP contribution in [0.15, 0.2) is 36.7 Å². The molecule has 0 atom stereocenters. The number of hydrogen-bond acceptors (Lipinski definition) is 3. The standard InChI is InChI=1S/C15H12ClN3/c1-9-5-7-17-12(8-9)14-10(2)13(16)11-4-3-6-18-15(11)19-14/h3-8H,1-2H3. The molecule has 0 aliphatic heterocycles. The van der Waals surface area contributed by atoms with Gasteiger partial charge in [-0.3, -0.25) is 4.98 Å². The van der Waals surface area contributed by atoms with Crippen molar-refractivity contribution in [1.29, 1.82) is 0 Å². The summed E-state index contributed by atoms with van der Waals surface area (Å²) in [5, 5.41) is 1.56. The minimum absolute atomic E-state index is 0.649. The van der Waals surface area contributed by atoms with Crippen molar-refractivity contribution in [1.82, 2.24) is 15.0 Å². The van der Waals surface area contributed by atoms with E-state index < -0.39 is 0 Å². The van der Waals surface area contributed by atoms with Gasteiger partial charge in [0.2, 0.25) is 0 Å². The summed E-state index contributed by atoms with van der Waals surface area (Å²) >= 11 is 6.41. The van der Waals surface area contributed by atoms with Gasteiger partial charge in [-0.05, 0) is 49.2 Å². The van der Waals surface area contributed by atoms with Crippen LogP contribution in [0.2, 0.25) is 5.02 Å². The number of hydrogen-bond donors (Lipinski definition) is 0. The molecule has 3 nitrogen and oxygen atoms in total. The zero-order valence-electron chi connectivity index (χ0n) is 10.7. The van der Waals surface area contributed by atoms with E-state index in [2.05, 4.69) is 15.0 Å². The van der Waals surface area contributed by atoms with E-state index in [1.165, 1.54) is 0 Å². The van der Waals surface area contributed by atoms with Gasteiger partial charge < -0.3 is 0 Å². The average molecular weight is 270 g/mol. The first-order valence-corrected chi connectivity index (χ1v) is 6.38. The Balaban J connectivity index is 2.33. The third kappa shape index (κ3) is 2.06. The van der Waals surface area contributed by atoms with E-state index in [9.17, 15) is 0 Å². The van der Waals surface area contributed by atoms with Crippen LogP contribution in [0.3, 0.4) is 0 Å². The molecule has 4 heteroatoms. The molecule has 0 saturated carbocycles. The number of rotatable bonds is 1. The van der Waals surface area contributed by atoms with Gasteiger partial charge in [-0.25, -0.2) is 9.97 Å². The fraction of sp³-hybridized carbons (Fsp3) is 0.133. The second kappa shape index (κ2) is 4.59. The lowest BCUT2D eigenvalue weighted by Gasteiger charge is -2.09. The first-order valence-electron chi connectivity index (χ1n) is 6.00. The minimum atomic E-state index is 0.649. The van der Waals surface area contributed by atoms with Crippen LogP contribution >= 0.6 is 11.6 Å². The highest BCUT2D eigenvalue weighted by atomic mass is 35.5. The van der Waals surface area contributed by atoms with Gasteiger partial charge in [0.25, 0.3) is 0 Å². The summed E-state index contributed by atoms with van der Waals surface area (Å²) in [7, 11) is 0. The topological polar surface area (TPSA) is 38.7 Å². The molecule has 0 aliphatic rings. The Morgan fingerprint density at radius 2 is 1.89 bits per heavy atom. The summed E-state index contributed by atoms with van der Waals surface area (Å²) in [6.45, 7) is 3.99. The molecule has 0 N–H and O–H groups in total. The molecule has 3 aromatic rings. The second-order valence-electron chi connectivity index (χ2n) is 4.49. The number of pyridine rings is 3. The number of halogens is 1. The van der Waals surface area contributed by atoms with Gasteiger partial charge >= 0.3 is 0 Å².